The van der Waals surface area contributed by atoms with Gasteiger partial charge in [-0.2, -0.15) is 0 Å². The Morgan fingerprint density at radius 2 is 1.56 bits per heavy atom. The van der Waals surface area contributed by atoms with Crippen molar-refractivity contribution in [1.29, 1.82) is 0 Å². The Morgan fingerprint density at radius 1 is 0.927 bits per heavy atom. The molecule has 2 heterocycles. The number of carbonyl (C=O) groups excluding carboxylic acids is 1. The van der Waals surface area contributed by atoms with Crippen molar-refractivity contribution >= 4 is 16.8 Å². The summed E-state index contributed by atoms with van der Waals surface area (Å²) < 4.78 is 0. The third kappa shape index (κ3) is 7.61. The SMILES string of the molecule is O=C(CCN1CCC(NC[C@H](O)c2ccc(O)c3[nH]c(=O)ccc23)CC1)N(Cc1ccccc1)Cc1ccccc1. The van der Waals surface area contributed by atoms with Gasteiger partial charge in [0.2, 0.25) is 11.5 Å². The van der Waals surface area contributed by atoms with E-state index < -0.39 is 6.10 Å². The van der Waals surface area contributed by atoms with Crippen molar-refractivity contribution in [3.63, 3.8) is 0 Å². The standard InChI is InChI=1S/C33H38N4O4/c38-29-13-11-27(28-12-14-31(40)35-33(28)29)30(39)21-34-26-15-18-36(19-16-26)20-17-32(41)37(22-24-7-3-1-4-8-24)23-25-9-5-2-6-10-25/h1-14,26,30,34,38-39H,15-23H2,(H,35,40)/t30-/m0/s1. The summed E-state index contributed by atoms with van der Waals surface area (Å²) >= 11 is 0. The van der Waals surface area contributed by atoms with Crippen LogP contribution in [0.5, 0.6) is 5.75 Å². The van der Waals surface area contributed by atoms with Gasteiger partial charge in [0.15, 0.2) is 0 Å². The molecule has 0 saturated carbocycles. The molecule has 1 aliphatic rings. The number of aromatic amines is 1. The van der Waals surface area contributed by atoms with Crippen molar-refractivity contribution in [3.8, 4) is 5.75 Å². The molecule has 8 heteroatoms. The van der Waals surface area contributed by atoms with E-state index in [1.807, 2.05) is 41.3 Å². The number of H-pyrrole nitrogens is 1. The van der Waals surface area contributed by atoms with Crippen LogP contribution < -0.4 is 10.9 Å². The molecule has 4 N–H and O–H groups in total. The van der Waals surface area contributed by atoms with Crippen LogP contribution in [0.1, 0.15) is 42.1 Å². The van der Waals surface area contributed by atoms with E-state index in [0.717, 1.165) is 43.6 Å². The van der Waals surface area contributed by atoms with Gasteiger partial charge in [-0.1, -0.05) is 66.7 Å². The highest BCUT2D eigenvalue weighted by Gasteiger charge is 2.22. The van der Waals surface area contributed by atoms with Crippen LogP contribution in [0.25, 0.3) is 10.9 Å². The molecule has 3 aromatic carbocycles. The van der Waals surface area contributed by atoms with Gasteiger partial charge < -0.3 is 30.3 Å². The molecule has 0 bridgehead atoms. The molecule has 1 amide bonds. The van der Waals surface area contributed by atoms with Crippen LogP contribution >= 0.6 is 0 Å². The van der Waals surface area contributed by atoms with Crippen LogP contribution in [-0.2, 0) is 17.9 Å². The topological polar surface area (TPSA) is 109 Å². The van der Waals surface area contributed by atoms with Crippen molar-refractivity contribution in [2.45, 2.75) is 44.5 Å². The first-order chi connectivity index (χ1) is 20.0. The van der Waals surface area contributed by atoms with Crippen molar-refractivity contribution in [2.75, 3.05) is 26.2 Å². The Hall–Kier alpha value is -3.98. The minimum absolute atomic E-state index is 0.0179. The number of phenols is 1. The number of carbonyl (C=O) groups is 1. The second-order valence-electron chi connectivity index (χ2n) is 10.8. The minimum atomic E-state index is -0.778. The summed E-state index contributed by atoms with van der Waals surface area (Å²) in [5.41, 5.74) is 2.95. The van der Waals surface area contributed by atoms with Crippen molar-refractivity contribution in [1.82, 2.24) is 20.1 Å². The van der Waals surface area contributed by atoms with Gasteiger partial charge >= 0.3 is 0 Å². The van der Waals surface area contributed by atoms with E-state index in [1.165, 1.54) is 12.1 Å². The Kier molecular flexibility index (Phi) is 9.46. The number of aromatic nitrogens is 1. The minimum Gasteiger partial charge on any atom is -0.506 e. The van der Waals surface area contributed by atoms with E-state index in [4.69, 9.17) is 0 Å². The Labute approximate surface area is 240 Å². The average Bonchev–Trinajstić information content (AvgIpc) is 3.00. The third-order valence-electron chi connectivity index (χ3n) is 7.88. The fourth-order valence-electron chi connectivity index (χ4n) is 5.55. The highest BCUT2D eigenvalue weighted by molar-refractivity contribution is 5.87. The van der Waals surface area contributed by atoms with Crippen molar-refractivity contribution < 1.29 is 15.0 Å². The molecule has 1 fully saturated rings. The van der Waals surface area contributed by atoms with Gasteiger partial charge in [-0.15, -0.1) is 0 Å². The predicted octanol–water partition coefficient (Wildman–Crippen LogP) is 3.94. The number of benzene rings is 3. The number of hydrogen-bond donors (Lipinski definition) is 4. The van der Waals surface area contributed by atoms with Gasteiger partial charge in [-0.05, 0) is 54.8 Å². The molecule has 4 aromatic rings. The zero-order valence-electron chi connectivity index (χ0n) is 23.2. The summed E-state index contributed by atoms with van der Waals surface area (Å²) in [4.78, 5) is 31.9. The van der Waals surface area contributed by atoms with Crippen LogP contribution in [0, 0.1) is 0 Å². The average molecular weight is 555 g/mol. The molecule has 1 aliphatic heterocycles. The lowest BCUT2D eigenvalue weighted by molar-refractivity contribution is -0.132. The smallest absolute Gasteiger partial charge is 0.248 e. The van der Waals surface area contributed by atoms with E-state index in [1.54, 1.807) is 12.1 Å². The molecule has 41 heavy (non-hydrogen) atoms. The number of aromatic hydroxyl groups is 1. The van der Waals surface area contributed by atoms with Gasteiger partial charge in [-0.3, -0.25) is 9.59 Å². The highest BCUT2D eigenvalue weighted by atomic mass is 16.3. The lowest BCUT2D eigenvalue weighted by Gasteiger charge is -2.33. The number of piperidine rings is 1. The molecule has 1 aromatic heterocycles. The number of amides is 1. The Balaban J connectivity index is 1.10. The number of nitrogens with one attached hydrogen (secondary N) is 2. The first-order valence-corrected chi connectivity index (χ1v) is 14.3. The van der Waals surface area contributed by atoms with Gasteiger partial charge in [0.1, 0.15) is 5.75 Å². The maximum Gasteiger partial charge on any atom is 0.248 e. The van der Waals surface area contributed by atoms with Gasteiger partial charge in [0, 0.05) is 50.1 Å². The molecular formula is C33H38N4O4. The largest absolute Gasteiger partial charge is 0.506 e. The summed E-state index contributed by atoms with van der Waals surface area (Å²) in [7, 11) is 0. The van der Waals surface area contributed by atoms with Crippen LogP contribution in [0.15, 0.2) is 89.7 Å². The summed E-state index contributed by atoms with van der Waals surface area (Å²) in [6, 6.07) is 26.7. The first kappa shape index (κ1) is 28.5. The number of likely N-dealkylation sites (tertiary alicyclic amines) is 1. The molecule has 5 rings (SSSR count). The Morgan fingerprint density at radius 3 is 2.20 bits per heavy atom. The number of fused-ring (bicyclic) bond motifs is 1. The number of rotatable bonds is 11. The summed E-state index contributed by atoms with van der Waals surface area (Å²) in [6.45, 7) is 4.07. The van der Waals surface area contributed by atoms with E-state index in [9.17, 15) is 19.8 Å². The van der Waals surface area contributed by atoms with E-state index in [0.29, 0.717) is 42.5 Å². The fourth-order valence-corrected chi connectivity index (χ4v) is 5.55. The quantitative estimate of drug-likeness (QED) is 0.224. The predicted molar refractivity (Wildman–Crippen MR) is 160 cm³/mol. The maximum atomic E-state index is 13.3. The van der Waals surface area contributed by atoms with Gasteiger partial charge in [0.05, 0.1) is 11.6 Å². The number of aliphatic hydroxyl groups excluding tert-OH is 1. The molecule has 214 valence electrons. The second-order valence-corrected chi connectivity index (χ2v) is 10.8. The van der Waals surface area contributed by atoms with Crippen LogP contribution in [0.3, 0.4) is 0 Å². The second kappa shape index (κ2) is 13.6. The number of pyridine rings is 1. The fraction of sp³-hybridized carbons (Fsp3) is 0.333. The summed E-state index contributed by atoms with van der Waals surface area (Å²) in [5.74, 6) is 0.138. The zero-order chi connectivity index (χ0) is 28.6. The maximum absolute atomic E-state index is 13.3. The third-order valence-corrected chi connectivity index (χ3v) is 7.88. The molecule has 0 unspecified atom stereocenters. The molecule has 1 atom stereocenters. The molecule has 0 aliphatic carbocycles. The van der Waals surface area contributed by atoms with Gasteiger partial charge in [-0.25, -0.2) is 0 Å². The zero-order valence-corrected chi connectivity index (χ0v) is 23.2. The van der Waals surface area contributed by atoms with Crippen molar-refractivity contribution in [2.24, 2.45) is 0 Å². The molecule has 0 spiro atoms. The van der Waals surface area contributed by atoms with E-state index in [-0.39, 0.29) is 23.3 Å². The summed E-state index contributed by atoms with van der Waals surface area (Å²) in [5, 5.41) is 25.1. The van der Waals surface area contributed by atoms with Gasteiger partial charge in [0.25, 0.3) is 0 Å². The van der Waals surface area contributed by atoms with Crippen LogP contribution in [-0.4, -0.2) is 63.1 Å². The molecule has 0 radical (unpaired) electrons. The first-order valence-electron chi connectivity index (χ1n) is 14.3. The number of phenolic OH excluding ortho intramolecular Hbond substituents is 1. The molecular weight excluding hydrogens is 516 g/mol. The summed E-state index contributed by atoms with van der Waals surface area (Å²) in [6.07, 6.45) is 1.57. The van der Waals surface area contributed by atoms with E-state index in [2.05, 4.69) is 39.5 Å². The molecule has 1 saturated heterocycles. The van der Waals surface area contributed by atoms with Crippen LogP contribution in [0.2, 0.25) is 0 Å². The lowest BCUT2D eigenvalue weighted by atomic mass is 10.0. The van der Waals surface area contributed by atoms with E-state index >= 15 is 0 Å². The monoisotopic (exact) mass is 554 g/mol. The normalized spacial score (nSPS) is 15.1. The number of nitrogens with zero attached hydrogens (tertiary/aromatic N) is 2. The molecule has 8 nitrogen and oxygen atoms in total. The lowest BCUT2D eigenvalue weighted by Crippen LogP contribution is -2.44. The van der Waals surface area contributed by atoms with Crippen LogP contribution in [0.4, 0.5) is 0 Å². The number of hydrogen-bond acceptors (Lipinski definition) is 6. The number of aliphatic hydroxyl groups is 1. The van der Waals surface area contributed by atoms with Crippen molar-refractivity contribution in [3.05, 3.63) is 112 Å². The Bertz CT molecular complexity index is 1440. The highest BCUT2D eigenvalue weighted by Crippen LogP contribution is 2.28.